The lowest BCUT2D eigenvalue weighted by Crippen LogP contribution is -2.30. The molecule has 27 heavy (non-hydrogen) atoms. The van der Waals surface area contributed by atoms with E-state index in [0.29, 0.717) is 11.7 Å². The van der Waals surface area contributed by atoms with Crippen LogP contribution in [-0.4, -0.2) is 12.2 Å². The molecule has 3 nitrogen and oxygen atoms in total. The zero-order valence-corrected chi connectivity index (χ0v) is 15.9. The molecule has 1 aliphatic heterocycles. The molecule has 0 aromatic heterocycles. The number of rotatable bonds is 3. The molecule has 0 radical (unpaired) electrons. The maximum atomic E-state index is 10.0. The Bertz CT molecular complexity index is 952. The van der Waals surface area contributed by atoms with E-state index in [1.807, 2.05) is 12.1 Å². The summed E-state index contributed by atoms with van der Waals surface area (Å²) in [6, 6.07) is 23.1. The average Bonchev–Trinajstić information content (AvgIpc) is 2.69. The summed E-state index contributed by atoms with van der Waals surface area (Å²) in [6.45, 7) is 4.42. The molecular formula is C24H25NO2. The summed E-state index contributed by atoms with van der Waals surface area (Å²) < 4.78 is 5.37. The number of aryl methyl sites for hydroxylation is 1. The molecule has 4 rings (SSSR count). The molecule has 0 fully saturated rings. The Kier molecular flexibility index (Phi) is 4.53. The first-order valence-corrected chi connectivity index (χ1v) is 9.37. The lowest BCUT2D eigenvalue weighted by atomic mass is 9.72. The molecule has 1 heterocycles. The maximum absolute atomic E-state index is 10.0. The number of hydrogen-bond acceptors (Lipinski definition) is 3. The van der Waals surface area contributed by atoms with E-state index in [4.69, 9.17) is 4.74 Å². The van der Waals surface area contributed by atoms with Crippen LogP contribution in [-0.2, 0) is 0 Å². The molecule has 0 saturated carbocycles. The van der Waals surface area contributed by atoms with Crippen molar-refractivity contribution in [2.45, 2.75) is 25.8 Å². The number of fused-ring (bicyclic) bond motifs is 1. The summed E-state index contributed by atoms with van der Waals surface area (Å²) >= 11 is 0. The van der Waals surface area contributed by atoms with Gasteiger partial charge in [0.05, 0.1) is 13.2 Å². The zero-order chi connectivity index (χ0) is 19.0. The fraction of sp³-hybridized carbons (Fsp3) is 0.250. The first-order valence-electron chi connectivity index (χ1n) is 9.37. The fourth-order valence-electron chi connectivity index (χ4n) is 4.26. The molecule has 3 atom stereocenters. The molecule has 0 spiro atoms. The van der Waals surface area contributed by atoms with E-state index in [2.05, 4.69) is 67.7 Å². The topological polar surface area (TPSA) is 41.5 Å². The van der Waals surface area contributed by atoms with E-state index in [-0.39, 0.29) is 17.7 Å². The minimum Gasteiger partial charge on any atom is -0.504 e. The number of phenols is 1. The highest BCUT2D eigenvalue weighted by atomic mass is 16.5. The van der Waals surface area contributed by atoms with Crippen molar-refractivity contribution < 1.29 is 9.84 Å². The molecule has 3 heteroatoms. The van der Waals surface area contributed by atoms with Gasteiger partial charge in [-0.3, -0.25) is 0 Å². The third kappa shape index (κ3) is 3.14. The number of hydrogen-bond donors (Lipinski definition) is 2. The van der Waals surface area contributed by atoms with E-state index >= 15 is 0 Å². The minimum absolute atomic E-state index is 0.173. The van der Waals surface area contributed by atoms with Crippen LogP contribution in [0.4, 0.5) is 5.69 Å². The molecular weight excluding hydrogens is 334 g/mol. The van der Waals surface area contributed by atoms with Crippen LogP contribution in [0.1, 0.15) is 41.1 Å². The van der Waals surface area contributed by atoms with Crippen molar-refractivity contribution in [3.05, 3.63) is 89.0 Å². The number of nitrogens with one attached hydrogen (secondary N) is 1. The van der Waals surface area contributed by atoms with E-state index in [1.165, 1.54) is 22.4 Å². The van der Waals surface area contributed by atoms with Crippen molar-refractivity contribution in [1.82, 2.24) is 0 Å². The predicted molar refractivity (Wildman–Crippen MR) is 110 cm³/mol. The number of methoxy groups -OCH3 is 1. The first-order chi connectivity index (χ1) is 13.1. The molecule has 3 aromatic rings. The highest BCUT2D eigenvalue weighted by Gasteiger charge is 2.35. The number of aromatic hydroxyl groups is 1. The summed E-state index contributed by atoms with van der Waals surface area (Å²) in [5.41, 5.74) is 6.15. The minimum atomic E-state index is 0.173. The van der Waals surface area contributed by atoms with Gasteiger partial charge >= 0.3 is 0 Å². The lowest BCUT2D eigenvalue weighted by Gasteiger charge is -2.40. The van der Waals surface area contributed by atoms with Gasteiger partial charge in [0.1, 0.15) is 0 Å². The van der Waals surface area contributed by atoms with Gasteiger partial charge in [0.15, 0.2) is 11.5 Å². The molecule has 0 bridgehead atoms. The van der Waals surface area contributed by atoms with Gasteiger partial charge in [-0.15, -0.1) is 0 Å². The van der Waals surface area contributed by atoms with Crippen LogP contribution >= 0.6 is 0 Å². The van der Waals surface area contributed by atoms with E-state index in [0.717, 1.165) is 5.56 Å². The second-order valence-corrected chi connectivity index (χ2v) is 7.39. The maximum Gasteiger partial charge on any atom is 0.160 e. The van der Waals surface area contributed by atoms with Gasteiger partial charge in [0.25, 0.3) is 0 Å². The summed E-state index contributed by atoms with van der Waals surface area (Å²) in [5, 5.41) is 13.8. The van der Waals surface area contributed by atoms with Gasteiger partial charge in [-0.1, -0.05) is 61.0 Å². The predicted octanol–water partition coefficient (Wildman–Crippen LogP) is 5.64. The lowest BCUT2D eigenvalue weighted by molar-refractivity contribution is 0.370. The Morgan fingerprint density at radius 1 is 0.926 bits per heavy atom. The third-order valence-electron chi connectivity index (χ3n) is 5.63. The number of phenolic OH excluding ortho intramolecular Hbond substituents is 1. The fourth-order valence-corrected chi connectivity index (χ4v) is 4.26. The number of ether oxygens (including phenoxy) is 1. The Balaban J connectivity index is 1.86. The molecule has 0 unspecified atom stereocenters. The Hall–Kier alpha value is -2.94. The number of anilines is 1. The van der Waals surface area contributed by atoms with Crippen LogP contribution in [0, 0.1) is 12.8 Å². The van der Waals surface area contributed by atoms with E-state index in [1.54, 1.807) is 13.2 Å². The zero-order valence-electron chi connectivity index (χ0n) is 15.9. The van der Waals surface area contributed by atoms with Gasteiger partial charge in [-0.05, 0) is 47.7 Å². The largest absolute Gasteiger partial charge is 0.504 e. The van der Waals surface area contributed by atoms with Crippen molar-refractivity contribution in [3.8, 4) is 11.5 Å². The quantitative estimate of drug-likeness (QED) is 0.635. The average molecular weight is 359 g/mol. The monoisotopic (exact) mass is 359 g/mol. The highest BCUT2D eigenvalue weighted by molar-refractivity contribution is 5.61. The van der Waals surface area contributed by atoms with Crippen LogP contribution in [0.3, 0.4) is 0 Å². The normalized spacial score (nSPS) is 21.2. The van der Waals surface area contributed by atoms with Crippen LogP contribution < -0.4 is 10.1 Å². The van der Waals surface area contributed by atoms with E-state index < -0.39 is 0 Å². The van der Waals surface area contributed by atoms with Gasteiger partial charge in [0.2, 0.25) is 0 Å². The molecule has 3 aromatic carbocycles. The standard InChI is InChI=1S/C24H25NO2/c1-15-9-11-20-19(13-15)23(18-10-12-21(26)22(14-18)27-3)16(2)24(25-20)17-7-5-4-6-8-17/h4-14,16,23-26H,1-3H3/t16-,23+,24-/m0/s1. The molecule has 1 aliphatic rings. The molecule has 138 valence electrons. The van der Waals surface area contributed by atoms with Gasteiger partial charge < -0.3 is 15.2 Å². The SMILES string of the molecule is COc1cc([C@@H]2c3cc(C)ccc3N[C@H](c3ccccc3)[C@H]2C)ccc1O. The van der Waals surface area contributed by atoms with Crippen molar-refractivity contribution in [2.24, 2.45) is 5.92 Å². The summed E-state index contributed by atoms with van der Waals surface area (Å²) in [5.74, 6) is 1.23. The molecule has 2 N–H and O–H groups in total. The van der Waals surface area contributed by atoms with Crippen molar-refractivity contribution in [2.75, 3.05) is 12.4 Å². The molecule has 0 aliphatic carbocycles. The molecule has 0 saturated heterocycles. The molecule has 0 amide bonds. The second kappa shape index (κ2) is 6.99. The van der Waals surface area contributed by atoms with E-state index in [9.17, 15) is 5.11 Å². The van der Waals surface area contributed by atoms with Crippen LogP contribution in [0.15, 0.2) is 66.7 Å². The van der Waals surface area contributed by atoms with Crippen molar-refractivity contribution in [1.29, 1.82) is 0 Å². The van der Waals surface area contributed by atoms with Crippen molar-refractivity contribution in [3.63, 3.8) is 0 Å². The van der Waals surface area contributed by atoms with Gasteiger partial charge in [0, 0.05) is 11.6 Å². The van der Waals surface area contributed by atoms with Crippen LogP contribution in [0.5, 0.6) is 11.5 Å². The Morgan fingerprint density at radius 3 is 2.44 bits per heavy atom. The van der Waals surface area contributed by atoms with Gasteiger partial charge in [-0.25, -0.2) is 0 Å². The van der Waals surface area contributed by atoms with Crippen molar-refractivity contribution >= 4 is 5.69 Å². The summed E-state index contributed by atoms with van der Waals surface area (Å²) in [7, 11) is 1.59. The highest BCUT2D eigenvalue weighted by Crippen LogP contribution is 2.48. The summed E-state index contributed by atoms with van der Waals surface area (Å²) in [6.07, 6.45) is 0. The van der Waals surface area contributed by atoms with Crippen LogP contribution in [0.25, 0.3) is 0 Å². The Labute approximate surface area is 160 Å². The number of benzene rings is 3. The van der Waals surface area contributed by atoms with Gasteiger partial charge in [-0.2, -0.15) is 0 Å². The first kappa shape index (κ1) is 17.5. The smallest absolute Gasteiger partial charge is 0.160 e. The summed E-state index contributed by atoms with van der Waals surface area (Å²) in [4.78, 5) is 0. The second-order valence-electron chi connectivity index (χ2n) is 7.39. The third-order valence-corrected chi connectivity index (χ3v) is 5.63. The Morgan fingerprint density at radius 2 is 1.70 bits per heavy atom. The van der Waals surface area contributed by atoms with Crippen LogP contribution in [0.2, 0.25) is 0 Å².